The summed E-state index contributed by atoms with van der Waals surface area (Å²) in [5.74, 6) is -0.0815. The van der Waals surface area contributed by atoms with E-state index in [1.54, 1.807) is 19.1 Å². The highest BCUT2D eigenvalue weighted by molar-refractivity contribution is 5.87. The fourth-order valence-electron chi connectivity index (χ4n) is 1.53. The number of rotatable bonds is 3. The fourth-order valence-corrected chi connectivity index (χ4v) is 1.53. The third-order valence-electron chi connectivity index (χ3n) is 2.45. The van der Waals surface area contributed by atoms with E-state index in [4.69, 9.17) is 4.74 Å². The molecule has 0 bridgehead atoms. The van der Waals surface area contributed by atoms with E-state index in [1.165, 1.54) is 0 Å². The van der Waals surface area contributed by atoms with Crippen molar-refractivity contribution in [3.8, 4) is 0 Å². The number of ether oxygens (including phenoxy) is 1. The summed E-state index contributed by atoms with van der Waals surface area (Å²) in [5.41, 5.74) is 0.845. The van der Waals surface area contributed by atoms with Crippen molar-refractivity contribution >= 4 is 5.97 Å². The number of carbonyl (C=O) groups is 1. The number of hydrogen-bond donors (Lipinski definition) is 1. The molecular weight excluding hydrogens is 194 g/mol. The van der Waals surface area contributed by atoms with Crippen LogP contribution >= 0.6 is 0 Å². The molecule has 1 aromatic rings. The molecule has 0 amide bonds. The van der Waals surface area contributed by atoms with Gasteiger partial charge in [0.05, 0.1) is 6.61 Å². The van der Waals surface area contributed by atoms with Crippen molar-refractivity contribution in [3.63, 3.8) is 0 Å². The minimum atomic E-state index is -0.475. The second-order valence-corrected chi connectivity index (χ2v) is 3.65. The Balaban J connectivity index is 2.24. The first-order valence-electron chi connectivity index (χ1n) is 5.12. The fraction of sp³-hybridized carbons (Fsp3) is 0.455. The summed E-state index contributed by atoms with van der Waals surface area (Å²) in [5, 5.41) is 0. The van der Waals surface area contributed by atoms with Crippen molar-refractivity contribution in [1.29, 1.82) is 0 Å². The lowest BCUT2D eigenvalue weighted by molar-refractivity contribution is 0.0519. The Morgan fingerprint density at radius 1 is 1.53 bits per heavy atom. The van der Waals surface area contributed by atoms with Gasteiger partial charge in [-0.1, -0.05) is 6.07 Å². The summed E-state index contributed by atoms with van der Waals surface area (Å²) in [6, 6.07) is 3.34. The third kappa shape index (κ3) is 2.09. The van der Waals surface area contributed by atoms with E-state index in [1.807, 2.05) is 0 Å². The van der Waals surface area contributed by atoms with Gasteiger partial charge in [-0.3, -0.25) is 4.79 Å². The molecule has 1 aliphatic rings. The van der Waals surface area contributed by atoms with Crippen LogP contribution in [0.15, 0.2) is 16.9 Å². The van der Waals surface area contributed by atoms with E-state index < -0.39 is 5.97 Å². The second-order valence-electron chi connectivity index (χ2n) is 3.65. The zero-order valence-corrected chi connectivity index (χ0v) is 8.58. The Kier molecular flexibility index (Phi) is 2.58. The molecule has 1 N–H and O–H groups in total. The topological polar surface area (TPSA) is 59.2 Å². The van der Waals surface area contributed by atoms with E-state index >= 15 is 0 Å². The summed E-state index contributed by atoms with van der Waals surface area (Å²) in [7, 11) is 0. The van der Waals surface area contributed by atoms with Crippen LogP contribution in [-0.4, -0.2) is 17.6 Å². The van der Waals surface area contributed by atoms with Crippen molar-refractivity contribution in [2.45, 2.75) is 25.7 Å². The number of hydrogen-bond acceptors (Lipinski definition) is 3. The van der Waals surface area contributed by atoms with Crippen LogP contribution in [0.1, 0.15) is 41.7 Å². The van der Waals surface area contributed by atoms with Gasteiger partial charge >= 0.3 is 5.97 Å². The lowest BCUT2D eigenvalue weighted by Gasteiger charge is -2.02. The molecule has 0 spiro atoms. The van der Waals surface area contributed by atoms with Gasteiger partial charge in [0.2, 0.25) is 0 Å². The molecule has 4 nitrogen and oxygen atoms in total. The van der Waals surface area contributed by atoms with E-state index in [0.717, 1.165) is 18.4 Å². The molecule has 0 saturated heterocycles. The van der Waals surface area contributed by atoms with Crippen molar-refractivity contribution in [3.05, 3.63) is 33.7 Å². The van der Waals surface area contributed by atoms with Gasteiger partial charge in [0.1, 0.15) is 5.69 Å². The SMILES string of the molecule is CCOC(=O)c1ccc(C2CC2)c(=O)[nH]1. The van der Waals surface area contributed by atoms with Crippen LogP contribution in [0.2, 0.25) is 0 Å². The highest BCUT2D eigenvalue weighted by Crippen LogP contribution is 2.37. The van der Waals surface area contributed by atoms with Crippen LogP contribution in [0.3, 0.4) is 0 Å². The Hall–Kier alpha value is -1.58. The largest absolute Gasteiger partial charge is 0.461 e. The maximum absolute atomic E-state index is 11.6. The standard InChI is InChI=1S/C11H13NO3/c1-2-15-11(14)9-6-5-8(7-3-4-7)10(13)12-9/h5-7H,2-4H2,1H3,(H,12,13). The van der Waals surface area contributed by atoms with Gasteiger partial charge in [0.25, 0.3) is 5.56 Å². The van der Waals surface area contributed by atoms with Crippen LogP contribution in [0, 0.1) is 0 Å². The number of aromatic nitrogens is 1. The van der Waals surface area contributed by atoms with Gasteiger partial charge in [-0.05, 0) is 31.7 Å². The Labute approximate surface area is 87.3 Å². The molecule has 1 fully saturated rings. The molecule has 0 atom stereocenters. The van der Waals surface area contributed by atoms with Crippen molar-refractivity contribution in [1.82, 2.24) is 4.98 Å². The smallest absolute Gasteiger partial charge is 0.354 e. The molecule has 0 unspecified atom stereocenters. The minimum Gasteiger partial charge on any atom is -0.461 e. The van der Waals surface area contributed by atoms with Crippen molar-refractivity contribution in [2.24, 2.45) is 0 Å². The first-order chi connectivity index (χ1) is 7.22. The molecule has 4 heteroatoms. The first-order valence-corrected chi connectivity index (χ1v) is 5.12. The highest BCUT2D eigenvalue weighted by atomic mass is 16.5. The number of pyridine rings is 1. The molecule has 1 aromatic heterocycles. The van der Waals surface area contributed by atoms with Gasteiger partial charge < -0.3 is 9.72 Å². The van der Waals surface area contributed by atoms with E-state index in [-0.39, 0.29) is 11.3 Å². The summed E-state index contributed by atoms with van der Waals surface area (Å²) < 4.78 is 4.79. The van der Waals surface area contributed by atoms with Gasteiger partial charge in [-0.2, -0.15) is 0 Å². The molecule has 1 heterocycles. The van der Waals surface area contributed by atoms with Gasteiger partial charge in [0.15, 0.2) is 0 Å². The van der Waals surface area contributed by atoms with Crippen LogP contribution in [0.5, 0.6) is 0 Å². The maximum Gasteiger partial charge on any atom is 0.354 e. The number of carbonyl (C=O) groups excluding carboxylic acids is 1. The first kappa shape index (κ1) is 9.96. The lowest BCUT2D eigenvalue weighted by atomic mass is 10.2. The molecule has 0 radical (unpaired) electrons. The molecule has 1 aliphatic carbocycles. The highest BCUT2D eigenvalue weighted by Gasteiger charge is 2.26. The molecule has 0 aliphatic heterocycles. The zero-order valence-electron chi connectivity index (χ0n) is 8.58. The van der Waals surface area contributed by atoms with Crippen LogP contribution in [0.25, 0.3) is 0 Å². The quantitative estimate of drug-likeness (QED) is 0.763. The van der Waals surface area contributed by atoms with Crippen molar-refractivity contribution in [2.75, 3.05) is 6.61 Å². The predicted octanol–water partition coefficient (Wildman–Crippen LogP) is 1.43. The van der Waals surface area contributed by atoms with Crippen LogP contribution in [-0.2, 0) is 4.74 Å². The van der Waals surface area contributed by atoms with E-state index in [2.05, 4.69) is 4.98 Å². The molecule has 2 rings (SSSR count). The Morgan fingerprint density at radius 3 is 2.80 bits per heavy atom. The number of H-pyrrole nitrogens is 1. The summed E-state index contributed by atoms with van der Waals surface area (Å²) in [6.07, 6.45) is 2.14. The average Bonchev–Trinajstić information content (AvgIpc) is 3.01. The number of esters is 1. The normalized spacial score (nSPS) is 15.0. The predicted molar refractivity (Wildman–Crippen MR) is 55.0 cm³/mol. The van der Waals surface area contributed by atoms with E-state index in [9.17, 15) is 9.59 Å². The van der Waals surface area contributed by atoms with Gasteiger partial charge in [-0.15, -0.1) is 0 Å². The van der Waals surface area contributed by atoms with E-state index in [0.29, 0.717) is 12.5 Å². The Bertz CT molecular complexity index is 432. The average molecular weight is 207 g/mol. The van der Waals surface area contributed by atoms with Crippen LogP contribution in [0.4, 0.5) is 0 Å². The Morgan fingerprint density at radius 2 is 2.27 bits per heavy atom. The van der Waals surface area contributed by atoms with Gasteiger partial charge in [0, 0.05) is 5.56 Å². The molecular formula is C11H13NO3. The minimum absolute atomic E-state index is 0.164. The van der Waals surface area contributed by atoms with Crippen LogP contribution < -0.4 is 5.56 Å². The molecule has 80 valence electrons. The summed E-state index contributed by atoms with van der Waals surface area (Å²) in [4.78, 5) is 25.4. The number of nitrogens with one attached hydrogen (secondary N) is 1. The molecule has 15 heavy (non-hydrogen) atoms. The van der Waals surface area contributed by atoms with Crippen molar-refractivity contribution < 1.29 is 9.53 Å². The monoisotopic (exact) mass is 207 g/mol. The summed E-state index contributed by atoms with van der Waals surface area (Å²) >= 11 is 0. The number of aromatic amines is 1. The third-order valence-corrected chi connectivity index (χ3v) is 2.45. The lowest BCUT2D eigenvalue weighted by Crippen LogP contribution is -2.17. The molecule has 1 saturated carbocycles. The zero-order chi connectivity index (χ0) is 10.8. The maximum atomic E-state index is 11.6. The molecule has 0 aromatic carbocycles. The van der Waals surface area contributed by atoms with Gasteiger partial charge in [-0.25, -0.2) is 4.79 Å². The second kappa shape index (κ2) is 3.88. The summed E-state index contributed by atoms with van der Waals surface area (Å²) in [6.45, 7) is 2.04.